The average Bonchev–Trinajstić information content (AvgIpc) is 2.96. The van der Waals surface area contributed by atoms with Gasteiger partial charge >= 0.3 is 0 Å². The highest BCUT2D eigenvalue weighted by Gasteiger charge is 2.35. The minimum absolute atomic E-state index is 0.390. The van der Waals surface area contributed by atoms with Gasteiger partial charge in [-0.05, 0) is 49.1 Å². The van der Waals surface area contributed by atoms with Crippen LogP contribution in [0.15, 0.2) is 12.1 Å². The first-order valence-electron chi connectivity index (χ1n) is 6.40. The van der Waals surface area contributed by atoms with E-state index in [0.29, 0.717) is 12.0 Å². The van der Waals surface area contributed by atoms with Crippen molar-refractivity contribution in [3.63, 3.8) is 0 Å². The van der Waals surface area contributed by atoms with Gasteiger partial charge in [-0.15, -0.1) is 0 Å². The molecule has 1 heterocycles. The molecule has 3 rings (SSSR count). The van der Waals surface area contributed by atoms with Gasteiger partial charge in [0.2, 0.25) is 0 Å². The summed E-state index contributed by atoms with van der Waals surface area (Å²) in [7, 11) is 2.15. The molecule has 0 aromatic heterocycles. The van der Waals surface area contributed by atoms with Crippen LogP contribution in [0.5, 0.6) is 5.75 Å². The van der Waals surface area contributed by atoms with Crippen LogP contribution in [0.2, 0.25) is 0 Å². The predicted molar refractivity (Wildman–Crippen MR) is 69.1 cm³/mol. The number of nitrogens with two attached hydrogens (primary N) is 1. The lowest BCUT2D eigenvalue weighted by Crippen LogP contribution is -2.26. The van der Waals surface area contributed by atoms with E-state index >= 15 is 0 Å². The monoisotopic (exact) mass is 232 g/mol. The predicted octanol–water partition coefficient (Wildman–Crippen LogP) is 2.04. The molecule has 3 heteroatoms. The maximum Gasteiger partial charge on any atom is 0.142 e. The lowest BCUT2D eigenvalue weighted by molar-refractivity contribution is 0.286. The summed E-state index contributed by atoms with van der Waals surface area (Å²) >= 11 is 0. The molecule has 1 aromatic carbocycles. The van der Waals surface area contributed by atoms with Gasteiger partial charge in [0, 0.05) is 13.1 Å². The number of anilines is 1. The lowest BCUT2D eigenvalue weighted by atomic mass is 9.99. The van der Waals surface area contributed by atoms with Crippen LogP contribution in [0, 0.1) is 5.92 Å². The van der Waals surface area contributed by atoms with Crippen molar-refractivity contribution < 1.29 is 4.74 Å². The van der Waals surface area contributed by atoms with Crippen LogP contribution in [0.1, 0.15) is 24.5 Å². The minimum atomic E-state index is 0.390. The molecule has 1 fully saturated rings. The second kappa shape index (κ2) is 3.91. The van der Waals surface area contributed by atoms with E-state index in [1.54, 1.807) is 0 Å². The smallest absolute Gasteiger partial charge is 0.142 e. The van der Waals surface area contributed by atoms with Crippen molar-refractivity contribution in [1.82, 2.24) is 4.90 Å². The molecule has 2 unspecified atom stereocenters. The molecule has 1 aliphatic heterocycles. The van der Waals surface area contributed by atoms with Crippen LogP contribution in [0.25, 0.3) is 0 Å². The molecule has 0 radical (unpaired) electrons. The van der Waals surface area contributed by atoms with Crippen molar-refractivity contribution in [2.75, 3.05) is 19.3 Å². The van der Waals surface area contributed by atoms with Crippen molar-refractivity contribution in [3.05, 3.63) is 23.3 Å². The first-order valence-corrected chi connectivity index (χ1v) is 6.40. The second-order valence-electron chi connectivity index (χ2n) is 5.52. The van der Waals surface area contributed by atoms with Crippen LogP contribution >= 0.6 is 0 Å². The zero-order valence-electron chi connectivity index (χ0n) is 10.6. The minimum Gasteiger partial charge on any atom is -0.488 e. The molecule has 0 amide bonds. The molecule has 92 valence electrons. The number of nitrogens with zero attached hydrogens (tertiary/aromatic N) is 1. The largest absolute Gasteiger partial charge is 0.488 e. The number of hydrogen-bond acceptors (Lipinski definition) is 3. The highest BCUT2D eigenvalue weighted by Crippen LogP contribution is 2.37. The number of nitrogen functional groups attached to an aromatic ring is 1. The van der Waals surface area contributed by atoms with E-state index < -0.39 is 0 Å². The number of benzene rings is 1. The fourth-order valence-electron chi connectivity index (χ4n) is 2.46. The van der Waals surface area contributed by atoms with E-state index in [4.69, 9.17) is 10.5 Å². The van der Waals surface area contributed by atoms with Gasteiger partial charge in [-0.25, -0.2) is 0 Å². The summed E-state index contributed by atoms with van der Waals surface area (Å²) in [4.78, 5) is 2.32. The Labute approximate surface area is 103 Å². The summed E-state index contributed by atoms with van der Waals surface area (Å²) in [5.41, 5.74) is 9.62. The Kier molecular flexibility index (Phi) is 2.51. The maximum atomic E-state index is 6.07. The van der Waals surface area contributed by atoms with Crippen molar-refractivity contribution in [1.29, 1.82) is 0 Å². The van der Waals surface area contributed by atoms with Crippen molar-refractivity contribution in [3.8, 4) is 5.75 Å². The van der Waals surface area contributed by atoms with E-state index in [-0.39, 0.29) is 0 Å². The van der Waals surface area contributed by atoms with E-state index in [2.05, 4.69) is 31.0 Å². The van der Waals surface area contributed by atoms with Crippen molar-refractivity contribution >= 4 is 5.69 Å². The normalized spacial score (nSPS) is 27.6. The Morgan fingerprint density at radius 2 is 2.12 bits per heavy atom. The van der Waals surface area contributed by atoms with Gasteiger partial charge in [-0.2, -0.15) is 0 Å². The van der Waals surface area contributed by atoms with Crippen LogP contribution in [0.4, 0.5) is 5.69 Å². The first-order chi connectivity index (χ1) is 8.13. The molecule has 0 spiro atoms. The van der Waals surface area contributed by atoms with Gasteiger partial charge in [0.1, 0.15) is 11.9 Å². The zero-order chi connectivity index (χ0) is 12.0. The summed E-state index contributed by atoms with van der Waals surface area (Å²) < 4.78 is 5.92. The Morgan fingerprint density at radius 1 is 1.35 bits per heavy atom. The maximum absolute atomic E-state index is 6.07. The summed E-state index contributed by atoms with van der Waals surface area (Å²) in [5.74, 6) is 1.58. The summed E-state index contributed by atoms with van der Waals surface area (Å²) in [6, 6.07) is 4.25. The standard InChI is InChI=1S/C14H20N2O/c1-9-5-13(9)17-14-7-10-3-4-16(2)8-11(10)6-12(14)15/h6-7,9,13H,3-5,8,15H2,1-2H3. The summed E-state index contributed by atoms with van der Waals surface area (Å²) in [6.45, 7) is 4.34. The van der Waals surface area contributed by atoms with E-state index in [1.165, 1.54) is 17.5 Å². The molecular formula is C14H20N2O. The molecule has 1 saturated carbocycles. The first kappa shape index (κ1) is 10.9. The Bertz CT molecular complexity index is 444. The zero-order valence-corrected chi connectivity index (χ0v) is 10.6. The van der Waals surface area contributed by atoms with Crippen molar-refractivity contribution in [2.24, 2.45) is 5.92 Å². The lowest BCUT2D eigenvalue weighted by Gasteiger charge is -2.26. The molecule has 2 aliphatic rings. The van der Waals surface area contributed by atoms with E-state index in [1.807, 2.05) is 0 Å². The van der Waals surface area contributed by atoms with Crippen LogP contribution in [0.3, 0.4) is 0 Å². The fourth-order valence-corrected chi connectivity index (χ4v) is 2.46. The molecule has 1 aliphatic carbocycles. The third kappa shape index (κ3) is 2.12. The number of rotatable bonds is 2. The van der Waals surface area contributed by atoms with Gasteiger partial charge in [0.25, 0.3) is 0 Å². The molecular weight excluding hydrogens is 212 g/mol. The second-order valence-corrected chi connectivity index (χ2v) is 5.52. The Balaban J connectivity index is 1.85. The quantitative estimate of drug-likeness (QED) is 0.793. The summed E-state index contributed by atoms with van der Waals surface area (Å²) in [5, 5.41) is 0. The van der Waals surface area contributed by atoms with Gasteiger partial charge < -0.3 is 15.4 Å². The highest BCUT2D eigenvalue weighted by atomic mass is 16.5. The summed E-state index contributed by atoms with van der Waals surface area (Å²) in [6.07, 6.45) is 2.66. The molecule has 0 saturated heterocycles. The SMILES string of the molecule is CC1CC1Oc1cc2c(cc1N)CN(C)CC2. The molecule has 17 heavy (non-hydrogen) atoms. The molecule has 1 aromatic rings. The highest BCUT2D eigenvalue weighted by molar-refractivity contribution is 5.57. The molecule has 2 N–H and O–H groups in total. The van der Waals surface area contributed by atoms with E-state index in [9.17, 15) is 0 Å². The molecule has 3 nitrogen and oxygen atoms in total. The number of likely N-dealkylation sites (N-methyl/N-ethyl adjacent to an activating group) is 1. The van der Waals surface area contributed by atoms with Gasteiger partial charge in [0.05, 0.1) is 5.69 Å². The van der Waals surface area contributed by atoms with Gasteiger partial charge in [-0.3, -0.25) is 0 Å². The van der Waals surface area contributed by atoms with Gasteiger partial charge in [-0.1, -0.05) is 6.92 Å². The number of ether oxygens (including phenoxy) is 1. The van der Waals surface area contributed by atoms with Crippen LogP contribution in [-0.4, -0.2) is 24.6 Å². The Hall–Kier alpha value is -1.22. The van der Waals surface area contributed by atoms with Crippen LogP contribution < -0.4 is 10.5 Å². The molecule has 2 atom stereocenters. The average molecular weight is 232 g/mol. The van der Waals surface area contributed by atoms with Crippen molar-refractivity contribution in [2.45, 2.75) is 32.4 Å². The third-order valence-corrected chi connectivity index (χ3v) is 3.85. The third-order valence-electron chi connectivity index (χ3n) is 3.85. The number of hydrogen-bond donors (Lipinski definition) is 1. The molecule has 0 bridgehead atoms. The van der Waals surface area contributed by atoms with Crippen LogP contribution in [-0.2, 0) is 13.0 Å². The van der Waals surface area contributed by atoms with Gasteiger partial charge in [0.15, 0.2) is 0 Å². The number of fused-ring (bicyclic) bond motifs is 1. The topological polar surface area (TPSA) is 38.5 Å². The van der Waals surface area contributed by atoms with E-state index in [0.717, 1.165) is 30.9 Å². The fraction of sp³-hybridized carbons (Fsp3) is 0.571. The Morgan fingerprint density at radius 3 is 2.82 bits per heavy atom.